The third kappa shape index (κ3) is 5.04. The number of hydrogen-bond donors (Lipinski definition) is 0. The van der Waals surface area contributed by atoms with Gasteiger partial charge in [0.1, 0.15) is 17.5 Å². The van der Waals surface area contributed by atoms with Crippen molar-refractivity contribution in [3.63, 3.8) is 0 Å². The molecule has 0 unspecified atom stereocenters. The predicted molar refractivity (Wildman–Crippen MR) is 134 cm³/mol. The minimum atomic E-state index is -0.989. The zero-order valence-corrected chi connectivity index (χ0v) is 21.0. The van der Waals surface area contributed by atoms with E-state index in [0.29, 0.717) is 11.3 Å². The molecule has 0 N–H and O–H groups in total. The van der Waals surface area contributed by atoms with Crippen molar-refractivity contribution in [1.29, 1.82) is 0 Å². The van der Waals surface area contributed by atoms with E-state index >= 15 is 0 Å². The van der Waals surface area contributed by atoms with Crippen LogP contribution < -0.4 is 0 Å². The number of amides is 2. The van der Waals surface area contributed by atoms with Crippen molar-refractivity contribution in [2.45, 2.75) is 29.8 Å². The van der Waals surface area contributed by atoms with Crippen molar-refractivity contribution in [2.75, 3.05) is 25.2 Å². The van der Waals surface area contributed by atoms with Crippen LogP contribution in [0.1, 0.15) is 28.2 Å². The number of methoxy groups -OCH3 is 1. The molecular weight excluding hydrogens is 488 g/mol. The second kappa shape index (κ2) is 11.2. The Hall–Kier alpha value is -2.98. The highest BCUT2D eigenvalue weighted by atomic mass is 32.2. The summed E-state index contributed by atoms with van der Waals surface area (Å²) in [5.74, 6) is -1.44. The number of ether oxygens (including phenoxy) is 2. The number of esters is 2. The first-order valence-electron chi connectivity index (χ1n) is 11.2. The average Bonchev–Trinajstić information content (AvgIpc) is 3.54. The normalized spacial score (nSPS) is 23.7. The summed E-state index contributed by atoms with van der Waals surface area (Å²) in [6.07, 6.45) is 0. The summed E-state index contributed by atoms with van der Waals surface area (Å²) in [6.45, 7) is 1.83. The fraction of sp³-hybridized carbons (Fsp3) is 0.360. The van der Waals surface area contributed by atoms with Crippen molar-refractivity contribution in [3.05, 3.63) is 71.8 Å². The van der Waals surface area contributed by atoms with E-state index in [-0.39, 0.29) is 18.3 Å². The van der Waals surface area contributed by atoms with Crippen LogP contribution in [0.15, 0.2) is 60.7 Å². The van der Waals surface area contributed by atoms with Crippen molar-refractivity contribution >= 4 is 47.3 Å². The summed E-state index contributed by atoms with van der Waals surface area (Å²) in [5.41, 5.74) is 1.34. The van der Waals surface area contributed by atoms with E-state index < -0.39 is 40.7 Å². The average molecular weight is 515 g/mol. The topological polar surface area (TPSA) is 93.2 Å². The quantitative estimate of drug-likeness (QED) is 0.544. The number of nitrogens with zero attached hydrogens (tertiary/aromatic N) is 2. The summed E-state index contributed by atoms with van der Waals surface area (Å²) >= 11 is 2.63. The van der Waals surface area contributed by atoms with Gasteiger partial charge in [0, 0.05) is 17.1 Å². The van der Waals surface area contributed by atoms with Gasteiger partial charge in [-0.15, -0.1) is 23.5 Å². The maximum Gasteiger partial charge on any atom is 0.339 e. The molecule has 0 bridgehead atoms. The van der Waals surface area contributed by atoms with Crippen LogP contribution in [0.2, 0.25) is 0 Å². The third-order valence-electron chi connectivity index (χ3n) is 5.84. The molecule has 4 atom stereocenters. The largest absolute Gasteiger partial charge is 0.467 e. The first-order chi connectivity index (χ1) is 17.0. The molecule has 184 valence electrons. The maximum atomic E-state index is 14.0. The van der Waals surface area contributed by atoms with E-state index in [9.17, 15) is 19.2 Å². The van der Waals surface area contributed by atoms with Gasteiger partial charge in [0.25, 0.3) is 5.91 Å². The molecule has 0 saturated carbocycles. The number of carbonyl (C=O) groups excluding carboxylic acids is 4. The smallest absolute Gasteiger partial charge is 0.339 e. The number of carbonyl (C=O) groups is 4. The fourth-order valence-electron chi connectivity index (χ4n) is 4.20. The monoisotopic (exact) mass is 514 g/mol. The first kappa shape index (κ1) is 25.1. The van der Waals surface area contributed by atoms with E-state index in [4.69, 9.17) is 9.47 Å². The lowest BCUT2D eigenvalue weighted by molar-refractivity contribution is -0.159. The molecule has 0 aliphatic carbocycles. The van der Waals surface area contributed by atoms with Crippen LogP contribution in [0.3, 0.4) is 0 Å². The third-order valence-corrected chi connectivity index (χ3v) is 8.41. The van der Waals surface area contributed by atoms with Gasteiger partial charge in [-0.25, -0.2) is 9.59 Å². The van der Waals surface area contributed by atoms with Crippen LogP contribution in [0.5, 0.6) is 0 Å². The SMILES string of the molecule is CCOC(=O)[C@@H]1CS[C@H](C(=O)OC)N1C(=O)[C@@H]1CS[C@H](c2ccccc2)N1C(=O)c1ccccc1. The van der Waals surface area contributed by atoms with Gasteiger partial charge in [-0.1, -0.05) is 48.5 Å². The Bertz CT molecular complexity index is 1080. The van der Waals surface area contributed by atoms with Crippen molar-refractivity contribution in [1.82, 2.24) is 9.80 Å². The van der Waals surface area contributed by atoms with Gasteiger partial charge in [0.2, 0.25) is 5.91 Å². The van der Waals surface area contributed by atoms with Crippen LogP contribution in [-0.2, 0) is 23.9 Å². The summed E-state index contributed by atoms with van der Waals surface area (Å²) in [5, 5.41) is -1.39. The van der Waals surface area contributed by atoms with Gasteiger partial charge in [-0.2, -0.15) is 0 Å². The highest BCUT2D eigenvalue weighted by Gasteiger charge is 2.52. The Morgan fingerprint density at radius 1 is 0.857 bits per heavy atom. The molecule has 2 fully saturated rings. The Kier molecular flexibility index (Phi) is 8.02. The lowest BCUT2D eigenvalue weighted by Crippen LogP contribution is -2.56. The number of hydrogen-bond acceptors (Lipinski definition) is 8. The van der Waals surface area contributed by atoms with E-state index in [1.807, 2.05) is 36.4 Å². The molecule has 2 aliphatic rings. The second-order valence-electron chi connectivity index (χ2n) is 7.91. The van der Waals surface area contributed by atoms with E-state index in [2.05, 4.69) is 0 Å². The molecular formula is C25H26N2O6S2. The molecule has 2 saturated heterocycles. The predicted octanol–water partition coefficient (Wildman–Crippen LogP) is 2.95. The molecule has 2 amide bonds. The Morgan fingerprint density at radius 3 is 2.11 bits per heavy atom. The number of thioether (sulfide) groups is 2. The van der Waals surface area contributed by atoms with Gasteiger partial charge < -0.3 is 19.3 Å². The van der Waals surface area contributed by atoms with Crippen LogP contribution >= 0.6 is 23.5 Å². The van der Waals surface area contributed by atoms with Gasteiger partial charge in [-0.3, -0.25) is 9.59 Å². The lowest BCUT2D eigenvalue weighted by atomic mass is 10.1. The van der Waals surface area contributed by atoms with Gasteiger partial charge >= 0.3 is 11.9 Å². The minimum Gasteiger partial charge on any atom is -0.467 e. The number of rotatable bonds is 6. The number of benzene rings is 2. The highest BCUT2D eigenvalue weighted by Crippen LogP contribution is 2.44. The molecule has 0 spiro atoms. The van der Waals surface area contributed by atoms with Crippen molar-refractivity contribution < 1.29 is 28.7 Å². The summed E-state index contributed by atoms with van der Waals surface area (Å²) in [7, 11) is 1.24. The molecule has 2 heterocycles. The fourth-order valence-corrected chi connectivity index (χ4v) is 6.92. The molecule has 0 radical (unpaired) electrons. The molecule has 8 nitrogen and oxygen atoms in total. The van der Waals surface area contributed by atoms with Crippen molar-refractivity contribution in [2.24, 2.45) is 0 Å². The summed E-state index contributed by atoms with van der Waals surface area (Å²) in [4.78, 5) is 55.7. The Balaban J connectivity index is 1.71. The highest BCUT2D eigenvalue weighted by molar-refractivity contribution is 8.01. The molecule has 2 aromatic rings. The molecule has 4 rings (SSSR count). The van der Waals surface area contributed by atoms with E-state index in [1.54, 1.807) is 36.1 Å². The lowest BCUT2D eigenvalue weighted by Gasteiger charge is -2.34. The Labute approximate surface area is 212 Å². The molecule has 10 heteroatoms. The molecule has 2 aliphatic heterocycles. The molecule has 35 heavy (non-hydrogen) atoms. The van der Waals surface area contributed by atoms with E-state index in [1.165, 1.54) is 23.8 Å². The molecule has 2 aromatic carbocycles. The minimum absolute atomic E-state index is 0.152. The maximum absolute atomic E-state index is 14.0. The van der Waals surface area contributed by atoms with E-state index in [0.717, 1.165) is 17.3 Å². The molecule has 0 aromatic heterocycles. The van der Waals surface area contributed by atoms with Gasteiger partial charge in [0.15, 0.2) is 5.37 Å². The van der Waals surface area contributed by atoms with Crippen LogP contribution in [0.25, 0.3) is 0 Å². The summed E-state index contributed by atoms with van der Waals surface area (Å²) < 4.78 is 10.1. The van der Waals surface area contributed by atoms with Crippen LogP contribution in [0.4, 0.5) is 0 Å². The standard InChI is InChI=1S/C25H26N2O6S2/c1-3-33-24(30)19-15-35-23(25(31)32-2)27(19)21(29)18-14-34-22(17-12-8-5-9-13-17)26(18)20(28)16-10-6-4-7-11-16/h4-13,18-19,22-23H,3,14-15H2,1-2H3/t18-,19-,22+,23+/m0/s1. The zero-order chi connectivity index (χ0) is 24.9. The first-order valence-corrected chi connectivity index (χ1v) is 13.3. The Morgan fingerprint density at radius 2 is 1.49 bits per heavy atom. The van der Waals surface area contributed by atoms with Gasteiger partial charge in [-0.05, 0) is 24.6 Å². The van der Waals surface area contributed by atoms with Crippen molar-refractivity contribution in [3.8, 4) is 0 Å². The summed E-state index contributed by atoms with van der Waals surface area (Å²) in [6, 6.07) is 16.5. The van der Waals surface area contributed by atoms with Crippen LogP contribution in [-0.4, -0.2) is 76.2 Å². The second-order valence-corrected chi connectivity index (χ2v) is 10.1. The zero-order valence-electron chi connectivity index (χ0n) is 19.4. The van der Waals surface area contributed by atoms with Gasteiger partial charge in [0.05, 0.1) is 13.7 Å². The van der Waals surface area contributed by atoms with Crippen LogP contribution in [0, 0.1) is 0 Å².